The van der Waals surface area contributed by atoms with Gasteiger partial charge in [-0.3, -0.25) is 0 Å². The molecule has 0 aliphatic rings. The van der Waals surface area contributed by atoms with Gasteiger partial charge in [0.25, 0.3) is 0 Å². The van der Waals surface area contributed by atoms with Crippen LogP contribution in [0, 0.1) is 5.92 Å². The van der Waals surface area contributed by atoms with Crippen molar-refractivity contribution < 1.29 is 63.1 Å². The zero-order valence-electron chi connectivity index (χ0n) is 12.3. The van der Waals surface area contributed by atoms with E-state index in [9.17, 15) is 0 Å². The van der Waals surface area contributed by atoms with E-state index in [1.807, 2.05) is 0 Å². The summed E-state index contributed by atoms with van der Waals surface area (Å²) in [6, 6.07) is 14.7. The fourth-order valence-electron chi connectivity index (χ4n) is 1.70. The number of halogens is 3. The van der Waals surface area contributed by atoms with Crippen LogP contribution < -0.4 is 37.2 Å². The fourth-order valence-corrected chi connectivity index (χ4v) is 2.97. The van der Waals surface area contributed by atoms with Gasteiger partial charge in [0.15, 0.2) is 0 Å². The van der Waals surface area contributed by atoms with Crippen molar-refractivity contribution in [1.29, 1.82) is 0 Å². The second kappa shape index (κ2) is 16.4. The minimum Gasteiger partial charge on any atom is -1.00 e. The Balaban J connectivity index is -0.000000110. The van der Waals surface area contributed by atoms with Crippen molar-refractivity contribution >= 4 is 18.7 Å². The fraction of sp³-hybridized carbons (Fsp3) is 0.333. The molecule has 0 aliphatic heterocycles. The molecule has 0 atom stereocenters. The van der Waals surface area contributed by atoms with Gasteiger partial charge in [0, 0.05) is 25.8 Å². The van der Waals surface area contributed by atoms with Crippen LogP contribution in [-0.2, 0) is 25.8 Å². The molecule has 2 rings (SSSR count). The Morgan fingerprint density at radius 1 is 1.00 bits per heavy atom. The van der Waals surface area contributed by atoms with Crippen LogP contribution in [0.1, 0.15) is 13.8 Å². The maximum absolute atomic E-state index is 2.31. The molecule has 0 radical (unpaired) electrons. The van der Waals surface area contributed by atoms with Gasteiger partial charge in [-0.25, -0.2) is 0 Å². The molecule has 0 saturated heterocycles. The van der Waals surface area contributed by atoms with Crippen molar-refractivity contribution in [1.82, 2.24) is 0 Å². The summed E-state index contributed by atoms with van der Waals surface area (Å²) in [4.78, 5) is 0. The molecular formula is C15H21Cl3HfP-5. The minimum atomic E-state index is 0. The van der Waals surface area contributed by atoms with Crippen molar-refractivity contribution in [2.24, 2.45) is 0 Å². The van der Waals surface area contributed by atoms with Crippen LogP contribution in [0.3, 0.4) is 0 Å². The minimum absolute atomic E-state index is 0. The zero-order valence-corrected chi connectivity index (χ0v) is 19.1. The summed E-state index contributed by atoms with van der Waals surface area (Å²) in [5.74, 6) is 1.57. The first kappa shape index (κ1) is 29.1. The molecule has 2 aromatic carbocycles. The third-order valence-electron chi connectivity index (χ3n) is 2.18. The average molecular weight is 517 g/mol. The first-order valence-corrected chi connectivity index (χ1v) is 8.06. The Morgan fingerprint density at radius 3 is 1.95 bits per heavy atom. The van der Waals surface area contributed by atoms with Gasteiger partial charge >= 0.3 is 0 Å². The molecule has 5 heteroatoms. The van der Waals surface area contributed by atoms with Gasteiger partial charge in [-0.15, -0.1) is 37.6 Å². The second-order valence-corrected chi connectivity index (χ2v) is 7.08. The summed E-state index contributed by atoms with van der Waals surface area (Å²) in [7, 11) is 0.323. The molecule has 0 aliphatic carbocycles. The van der Waals surface area contributed by atoms with Crippen molar-refractivity contribution in [3.63, 3.8) is 0 Å². The molecule has 0 N–H and O–H groups in total. The largest absolute Gasteiger partial charge is 1.00 e. The summed E-state index contributed by atoms with van der Waals surface area (Å²) in [5.41, 5.74) is 0. The second-order valence-electron chi connectivity index (χ2n) is 4.60. The van der Waals surface area contributed by atoms with E-state index in [-0.39, 0.29) is 63.1 Å². The molecule has 0 nitrogen and oxygen atoms in total. The summed E-state index contributed by atoms with van der Waals surface area (Å²) in [6.07, 6.45) is 1.34. The quantitative estimate of drug-likeness (QED) is 0.216. The summed E-state index contributed by atoms with van der Waals surface area (Å²) in [5, 5.41) is 2.66. The summed E-state index contributed by atoms with van der Waals surface area (Å²) < 4.78 is 0. The molecular weight excluding hydrogens is 496 g/mol. The van der Waals surface area contributed by atoms with Crippen LogP contribution >= 0.6 is 7.92 Å². The van der Waals surface area contributed by atoms with Gasteiger partial charge < -0.3 is 43.1 Å². The van der Waals surface area contributed by atoms with Crippen molar-refractivity contribution in [3.05, 3.63) is 48.4 Å². The SMILES string of the molecule is C[C-](C)CP(C)C.[Cl-].[Cl-].[Cl-].[Hf].c1ccc2[cH-]ccc2c1. The monoisotopic (exact) mass is 517 g/mol. The van der Waals surface area contributed by atoms with E-state index in [4.69, 9.17) is 0 Å². The molecule has 0 spiro atoms. The van der Waals surface area contributed by atoms with Gasteiger partial charge in [-0.05, 0) is 13.3 Å². The number of hydrogen-bond donors (Lipinski definition) is 0. The van der Waals surface area contributed by atoms with Gasteiger partial charge in [-0.1, -0.05) is 6.07 Å². The molecule has 20 heavy (non-hydrogen) atoms. The topological polar surface area (TPSA) is 0 Å². The molecule has 0 unspecified atom stereocenters. The molecule has 116 valence electrons. The summed E-state index contributed by atoms with van der Waals surface area (Å²) in [6.45, 7) is 9.01. The van der Waals surface area contributed by atoms with Crippen LogP contribution in [0.5, 0.6) is 0 Å². The first-order valence-electron chi connectivity index (χ1n) is 5.64. The Kier molecular flexibility index (Phi) is 23.8. The van der Waals surface area contributed by atoms with E-state index in [2.05, 4.69) is 69.6 Å². The Labute approximate surface area is 162 Å². The molecule has 0 bridgehead atoms. The van der Waals surface area contributed by atoms with Gasteiger partial charge in [0.1, 0.15) is 0 Å². The maximum atomic E-state index is 2.31. The zero-order chi connectivity index (χ0) is 12.0. The Morgan fingerprint density at radius 2 is 1.55 bits per heavy atom. The maximum Gasteiger partial charge on any atom is 0 e. The number of fused-ring (bicyclic) bond motifs is 1. The number of benzene rings is 1. The molecule has 0 fully saturated rings. The normalized spacial score (nSPS) is 8.50. The smallest absolute Gasteiger partial charge is 0 e. The first-order chi connectivity index (χ1) is 7.59. The Bertz CT molecular complexity index is 380. The predicted molar refractivity (Wildman–Crippen MR) is 77.8 cm³/mol. The van der Waals surface area contributed by atoms with E-state index in [1.165, 1.54) is 16.9 Å². The van der Waals surface area contributed by atoms with Gasteiger partial charge in [0.2, 0.25) is 0 Å². The van der Waals surface area contributed by atoms with Gasteiger partial charge in [-0.2, -0.15) is 37.5 Å². The van der Waals surface area contributed by atoms with Crippen LogP contribution in [-0.4, -0.2) is 19.5 Å². The van der Waals surface area contributed by atoms with Crippen LogP contribution in [0.15, 0.2) is 42.5 Å². The predicted octanol–water partition coefficient (Wildman–Crippen LogP) is -4.09. The van der Waals surface area contributed by atoms with Crippen LogP contribution in [0.2, 0.25) is 0 Å². The van der Waals surface area contributed by atoms with Crippen LogP contribution in [0.25, 0.3) is 10.8 Å². The van der Waals surface area contributed by atoms with E-state index in [0.717, 1.165) is 0 Å². The molecule has 0 amide bonds. The van der Waals surface area contributed by atoms with Gasteiger partial charge in [0.05, 0.1) is 0 Å². The number of hydrogen-bond acceptors (Lipinski definition) is 0. The average Bonchev–Trinajstić information content (AvgIpc) is 2.63. The Hall–Kier alpha value is 1.00. The molecule has 2 aromatic rings. The number of rotatable bonds is 2. The molecule has 0 saturated carbocycles. The molecule has 0 aromatic heterocycles. The van der Waals surface area contributed by atoms with Crippen molar-refractivity contribution in [3.8, 4) is 0 Å². The summed E-state index contributed by atoms with van der Waals surface area (Å²) >= 11 is 0. The van der Waals surface area contributed by atoms with Crippen molar-refractivity contribution in [2.45, 2.75) is 13.8 Å². The standard InChI is InChI=1S/C9H7.C6H14P.3ClH.Hf/c1-2-5-9-7-3-6-8(9)4-1;1-6(2)5-7(3)4;;;;/h1-7H;5H2,1-4H3;3*1H;/q2*-1;;;;/p-3. The van der Waals surface area contributed by atoms with E-state index in [0.29, 0.717) is 7.92 Å². The van der Waals surface area contributed by atoms with Crippen molar-refractivity contribution in [2.75, 3.05) is 19.5 Å². The van der Waals surface area contributed by atoms with E-state index in [1.54, 1.807) is 5.92 Å². The van der Waals surface area contributed by atoms with E-state index < -0.39 is 0 Å². The third-order valence-corrected chi connectivity index (χ3v) is 3.44. The van der Waals surface area contributed by atoms with Crippen LogP contribution in [0.4, 0.5) is 0 Å². The van der Waals surface area contributed by atoms with E-state index >= 15 is 0 Å². The third kappa shape index (κ3) is 12.7. The molecule has 0 heterocycles.